The molecule has 0 aliphatic carbocycles. The number of hydrogen-bond acceptors (Lipinski definition) is 2. The maximum Gasteiger partial charge on any atom is 0.307 e. The molecule has 0 saturated heterocycles. The first-order valence-corrected chi connectivity index (χ1v) is 6.37. The van der Waals surface area contributed by atoms with Crippen LogP contribution in [0.2, 0.25) is 5.02 Å². The van der Waals surface area contributed by atoms with E-state index in [1.165, 1.54) is 0 Å². The lowest BCUT2D eigenvalue weighted by Crippen LogP contribution is -2.17. The number of aryl methyl sites for hydroxylation is 1. The highest BCUT2D eigenvalue weighted by Crippen LogP contribution is 2.32. The predicted molar refractivity (Wildman–Crippen MR) is 72.6 cm³/mol. The molecule has 0 fully saturated rings. The van der Waals surface area contributed by atoms with E-state index in [4.69, 9.17) is 21.4 Å². The van der Waals surface area contributed by atoms with Crippen molar-refractivity contribution in [1.82, 2.24) is 0 Å². The lowest BCUT2D eigenvalue weighted by molar-refractivity contribution is -0.138. The molecule has 0 aliphatic heterocycles. The fraction of sp³-hybridized carbons (Fsp3) is 0.500. The van der Waals surface area contributed by atoms with E-state index in [1.807, 2.05) is 19.1 Å². The summed E-state index contributed by atoms with van der Waals surface area (Å²) in [6.45, 7) is 7.76. The topological polar surface area (TPSA) is 46.5 Å². The third-order valence-electron chi connectivity index (χ3n) is 2.70. The molecular weight excluding hydrogens is 252 g/mol. The van der Waals surface area contributed by atoms with Gasteiger partial charge in [0.05, 0.1) is 6.42 Å². The van der Waals surface area contributed by atoms with Crippen LogP contribution >= 0.6 is 11.6 Å². The molecule has 1 aromatic carbocycles. The van der Waals surface area contributed by atoms with Gasteiger partial charge in [0.1, 0.15) is 11.9 Å². The van der Waals surface area contributed by atoms with E-state index in [-0.39, 0.29) is 18.4 Å². The Morgan fingerprint density at radius 1 is 1.39 bits per heavy atom. The highest BCUT2D eigenvalue weighted by Gasteiger charge is 2.15. The number of benzene rings is 1. The minimum absolute atomic E-state index is 0.0147. The van der Waals surface area contributed by atoms with E-state index >= 15 is 0 Å². The van der Waals surface area contributed by atoms with Crippen LogP contribution in [0, 0.1) is 6.92 Å². The van der Waals surface area contributed by atoms with Gasteiger partial charge >= 0.3 is 5.97 Å². The minimum atomic E-state index is -0.862. The van der Waals surface area contributed by atoms with Crippen molar-refractivity contribution < 1.29 is 14.6 Å². The number of carboxylic acid groups (broad SMARTS) is 1. The Balaban J connectivity index is 2.99. The zero-order chi connectivity index (χ0) is 13.9. The molecule has 1 atom stereocenters. The molecule has 100 valence electrons. The summed E-state index contributed by atoms with van der Waals surface area (Å²) in [6.07, 6.45) is -0.375. The minimum Gasteiger partial charge on any atom is -0.490 e. The molecule has 0 bridgehead atoms. The van der Waals surface area contributed by atoms with Crippen molar-refractivity contribution in [1.29, 1.82) is 0 Å². The fourth-order valence-electron chi connectivity index (χ4n) is 1.73. The molecule has 1 aromatic rings. The molecule has 18 heavy (non-hydrogen) atoms. The van der Waals surface area contributed by atoms with Gasteiger partial charge in [0.2, 0.25) is 0 Å². The van der Waals surface area contributed by atoms with Crippen molar-refractivity contribution in [2.75, 3.05) is 0 Å². The monoisotopic (exact) mass is 270 g/mol. The zero-order valence-electron chi connectivity index (χ0n) is 11.2. The van der Waals surface area contributed by atoms with Gasteiger partial charge in [-0.1, -0.05) is 25.4 Å². The van der Waals surface area contributed by atoms with Gasteiger partial charge in [-0.25, -0.2) is 0 Å². The quantitative estimate of drug-likeness (QED) is 0.879. The van der Waals surface area contributed by atoms with Crippen LogP contribution in [0.15, 0.2) is 12.1 Å². The second kappa shape index (κ2) is 6.10. The molecule has 1 rings (SSSR count). The lowest BCUT2D eigenvalue weighted by atomic mass is 10.0. The first-order valence-electron chi connectivity index (χ1n) is 5.99. The lowest BCUT2D eigenvalue weighted by Gasteiger charge is -2.19. The molecule has 1 unspecified atom stereocenters. The van der Waals surface area contributed by atoms with E-state index in [0.29, 0.717) is 5.02 Å². The van der Waals surface area contributed by atoms with Crippen LogP contribution in [0.5, 0.6) is 5.75 Å². The Hall–Kier alpha value is -1.22. The first-order chi connectivity index (χ1) is 8.31. The van der Waals surface area contributed by atoms with Gasteiger partial charge in [-0.15, -0.1) is 0 Å². The summed E-state index contributed by atoms with van der Waals surface area (Å²) in [4.78, 5) is 10.6. The third-order valence-corrected chi connectivity index (χ3v) is 3.11. The van der Waals surface area contributed by atoms with Crippen molar-refractivity contribution in [2.24, 2.45) is 0 Å². The van der Waals surface area contributed by atoms with Crippen LogP contribution in [0.3, 0.4) is 0 Å². The molecule has 0 radical (unpaired) electrons. The molecule has 0 heterocycles. The zero-order valence-corrected chi connectivity index (χ0v) is 11.9. The molecule has 4 heteroatoms. The number of carbonyl (C=O) groups is 1. The van der Waals surface area contributed by atoms with Crippen molar-refractivity contribution in [3.63, 3.8) is 0 Å². The van der Waals surface area contributed by atoms with Gasteiger partial charge in [0.15, 0.2) is 0 Å². The van der Waals surface area contributed by atoms with Crippen LogP contribution < -0.4 is 4.74 Å². The molecule has 0 aliphatic rings. The van der Waals surface area contributed by atoms with Crippen molar-refractivity contribution in [2.45, 2.75) is 46.1 Å². The van der Waals surface area contributed by atoms with Crippen molar-refractivity contribution >= 4 is 17.6 Å². The maximum absolute atomic E-state index is 10.6. The number of halogens is 1. The van der Waals surface area contributed by atoms with E-state index in [1.54, 1.807) is 6.92 Å². The van der Waals surface area contributed by atoms with Gasteiger partial charge in [-0.3, -0.25) is 4.79 Å². The van der Waals surface area contributed by atoms with Crippen LogP contribution in [-0.4, -0.2) is 17.2 Å². The Labute approximate surface area is 113 Å². The number of hydrogen-bond donors (Lipinski definition) is 1. The Morgan fingerprint density at radius 3 is 2.50 bits per heavy atom. The van der Waals surface area contributed by atoms with Crippen LogP contribution in [0.1, 0.15) is 44.2 Å². The van der Waals surface area contributed by atoms with E-state index in [2.05, 4.69) is 13.8 Å². The summed E-state index contributed by atoms with van der Waals surface area (Å²) in [6, 6.07) is 3.76. The predicted octanol–water partition coefficient (Wildman–Crippen LogP) is 4.01. The molecule has 1 N–H and O–H groups in total. The number of aliphatic carboxylic acids is 1. The van der Waals surface area contributed by atoms with Gasteiger partial charge in [-0.05, 0) is 43.0 Å². The van der Waals surface area contributed by atoms with E-state index < -0.39 is 5.97 Å². The second-order valence-electron chi connectivity index (χ2n) is 4.82. The van der Waals surface area contributed by atoms with Gasteiger partial charge in [-0.2, -0.15) is 0 Å². The van der Waals surface area contributed by atoms with Crippen LogP contribution in [-0.2, 0) is 4.79 Å². The van der Waals surface area contributed by atoms with Crippen LogP contribution in [0.4, 0.5) is 0 Å². The molecule has 0 amide bonds. The molecule has 0 spiro atoms. The molecule has 3 nitrogen and oxygen atoms in total. The summed E-state index contributed by atoms with van der Waals surface area (Å²) in [5, 5.41) is 9.44. The standard InChI is InChI=1S/C14H19ClO3/c1-8(2)11-7-12(15)9(3)5-13(11)18-10(4)6-14(16)17/h5,7-8,10H,6H2,1-4H3,(H,16,17). The SMILES string of the molecule is Cc1cc(OC(C)CC(=O)O)c(C(C)C)cc1Cl. The number of carboxylic acids is 1. The van der Waals surface area contributed by atoms with Crippen molar-refractivity contribution in [3.05, 3.63) is 28.3 Å². The first kappa shape index (κ1) is 14.8. The second-order valence-corrected chi connectivity index (χ2v) is 5.23. The normalized spacial score (nSPS) is 12.6. The van der Waals surface area contributed by atoms with Gasteiger partial charge in [0.25, 0.3) is 0 Å². The average molecular weight is 271 g/mol. The number of rotatable bonds is 5. The smallest absolute Gasteiger partial charge is 0.307 e. The number of ether oxygens (including phenoxy) is 1. The highest BCUT2D eigenvalue weighted by molar-refractivity contribution is 6.31. The highest BCUT2D eigenvalue weighted by atomic mass is 35.5. The molecular formula is C14H19ClO3. The summed E-state index contributed by atoms with van der Waals surface area (Å²) in [5.41, 5.74) is 1.93. The largest absolute Gasteiger partial charge is 0.490 e. The van der Waals surface area contributed by atoms with E-state index in [0.717, 1.165) is 16.9 Å². The summed E-state index contributed by atoms with van der Waals surface area (Å²) in [7, 11) is 0. The Morgan fingerprint density at radius 2 is 2.00 bits per heavy atom. The third kappa shape index (κ3) is 3.91. The molecule has 0 saturated carbocycles. The summed E-state index contributed by atoms with van der Waals surface area (Å²) >= 11 is 6.10. The van der Waals surface area contributed by atoms with Crippen molar-refractivity contribution in [3.8, 4) is 5.75 Å². The fourth-order valence-corrected chi connectivity index (χ4v) is 1.90. The van der Waals surface area contributed by atoms with Gasteiger partial charge < -0.3 is 9.84 Å². The Bertz CT molecular complexity index is 441. The average Bonchev–Trinajstić information content (AvgIpc) is 2.21. The summed E-state index contributed by atoms with van der Waals surface area (Å²) in [5.74, 6) is 0.134. The molecule has 0 aromatic heterocycles. The maximum atomic E-state index is 10.6. The van der Waals surface area contributed by atoms with Gasteiger partial charge in [0, 0.05) is 5.02 Å². The van der Waals surface area contributed by atoms with Crippen LogP contribution in [0.25, 0.3) is 0 Å². The van der Waals surface area contributed by atoms with E-state index in [9.17, 15) is 4.79 Å². The Kier molecular flexibility index (Phi) is 5.03. The summed E-state index contributed by atoms with van der Waals surface area (Å²) < 4.78 is 5.71.